The lowest BCUT2D eigenvalue weighted by Gasteiger charge is -2.23. The van der Waals surface area contributed by atoms with Crippen LogP contribution >= 0.6 is 0 Å². The fraction of sp³-hybridized carbons (Fsp3) is 0.267. The first-order chi connectivity index (χ1) is 10.6. The van der Waals surface area contributed by atoms with Gasteiger partial charge < -0.3 is 10.0 Å². The highest BCUT2D eigenvalue weighted by molar-refractivity contribution is 6.02. The van der Waals surface area contributed by atoms with Gasteiger partial charge in [0.15, 0.2) is 0 Å². The van der Waals surface area contributed by atoms with E-state index < -0.39 is 17.9 Å². The second-order valence-electron chi connectivity index (χ2n) is 5.20. The van der Waals surface area contributed by atoms with E-state index in [2.05, 4.69) is 4.98 Å². The van der Waals surface area contributed by atoms with E-state index in [0.717, 1.165) is 5.39 Å². The van der Waals surface area contributed by atoms with E-state index in [0.29, 0.717) is 24.9 Å². The molecule has 0 bridgehead atoms. The van der Waals surface area contributed by atoms with Gasteiger partial charge in [-0.3, -0.25) is 19.8 Å². The summed E-state index contributed by atoms with van der Waals surface area (Å²) < 4.78 is 0. The molecule has 7 nitrogen and oxygen atoms in total. The Labute approximate surface area is 126 Å². The quantitative estimate of drug-likeness (QED) is 0.568. The maximum atomic E-state index is 12.6. The summed E-state index contributed by atoms with van der Waals surface area (Å²) in [6.07, 6.45) is 2.75. The molecule has 22 heavy (non-hydrogen) atoms. The third-order valence-corrected chi connectivity index (χ3v) is 3.88. The molecule has 114 valence electrons. The molecule has 1 atom stereocenters. The summed E-state index contributed by atoms with van der Waals surface area (Å²) >= 11 is 0. The smallest absolute Gasteiger partial charge is 0.266 e. The molecule has 3 rings (SSSR count). The first-order valence-electron chi connectivity index (χ1n) is 6.94. The Kier molecular flexibility index (Phi) is 3.64. The third kappa shape index (κ3) is 2.35. The number of aromatic nitrogens is 1. The van der Waals surface area contributed by atoms with Crippen molar-refractivity contribution in [2.24, 2.45) is 0 Å². The standard InChI is InChI=1S/C15H15N3O4/c19-13-8-11-9(3-1-5-16-11)7-10(13)15(21)18-6-2-4-12(18)14(20)17-22/h1,3,5,7-8,12,19,22H,2,4,6H2,(H,17,20). The lowest BCUT2D eigenvalue weighted by molar-refractivity contribution is -0.133. The number of hydrogen-bond acceptors (Lipinski definition) is 5. The third-order valence-electron chi connectivity index (χ3n) is 3.88. The Morgan fingerprint density at radius 1 is 1.36 bits per heavy atom. The second-order valence-corrected chi connectivity index (χ2v) is 5.20. The van der Waals surface area contributed by atoms with Crippen molar-refractivity contribution in [1.82, 2.24) is 15.4 Å². The zero-order valence-corrected chi connectivity index (χ0v) is 11.7. The normalized spacial score (nSPS) is 17.7. The van der Waals surface area contributed by atoms with Crippen LogP contribution in [-0.4, -0.2) is 44.6 Å². The Balaban J connectivity index is 1.98. The molecule has 0 spiro atoms. The highest BCUT2D eigenvalue weighted by atomic mass is 16.5. The van der Waals surface area contributed by atoms with E-state index in [4.69, 9.17) is 5.21 Å². The molecular formula is C15H15N3O4. The van der Waals surface area contributed by atoms with Crippen molar-refractivity contribution < 1.29 is 19.9 Å². The molecule has 1 saturated heterocycles. The number of carbonyl (C=O) groups is 2. The molecule has 0 radical (unpaired) electrons. The van der Waals surface area contributed by atoms with E-state index in [-0.39, 0.29) is 11.3 Å². The van der Waals surface area contributed by atoms with E-state index in [1.54, 1.807) is 29.9 Å². The lowest BCUT2D eigenvalue weighted by atomic mass is 10.1. The number of pyridine rings is 1. The van der Waals surface area contributed by atoms with E-state index in [1.807, 2.05) is 0 Å². The molecule has 0 saturated carbocycles. The number of phenolic OH excluding ortho intramolecular Hbond substituents is 1. The Hall–Kier alpha value is -2.67. The topological polar surface area (TPSA) is 103 Å². The highest BCUT2D eigenvalue weighted by Gasteiger charge is 2.35. The Morgan fingerprint density at radius 2 is 2.18 bits per heavy atom. The van der Waals surface area contributed by atoms with Gasteiger partial charge in [0.05, 0.1) is 11.1 Å². The van der Waals surface area contributed by atoms with Crippen molar-refractivity contribution in [2.75, 3.05) is 6.54 Å². The molecule has 1 unspecified atom stereocenters. The molecule has 2 heterocycles. The molecule has 3 N–H and O–H groups in total. The SMILES string of the molecule is O=C(NO)C1CCCN1C(=O)c1cc2cccnc2cc1O. The molecule has 0 aliphatic carbocycles. The summed E-state index contributed by atoms with van der Waals surface area (Å²) in [5.74, 6) is -1.23. The molecule has 1 aromatic carbocycles. The monoisotopic (exact) mass is 301 g/mol. The van der Waals surface area contributed by atoms with Gasteiger partial charge in [-0.25, -0.2) is 5.48 Å². The van der Waals surface area contributed by atoms with Gasteiger partial charge in [0, 0.05) is 24.2 Å². The average molecular weight is 301 g/mol. The van der Waals surface area contributed by atoms with Crippen LogP contribution in [0.5, 0.6) is 5.75 Å². The molecule has 2 aromatic rings. The van der Waals surface area contributed by atoms with Crippen LogP contribution in [0.25, 0.3) is 10.9 Å². The lowest BCUT2D eigenvalue weighted by Crippen LogP contribution is -2.45. The molecule has 1 aliphatic rings. The predicted octanol–water partition coefficient (Wildman–Crippen LogP) is 1.05. The number of hydroxylamine groups is 1. The number of likely N-dealkylation sites (tertiary alicyclic amines) is 1. The minimum Gasteiger partial charge on any atom is -0.507 e. The number of rotatable bonds is 2. The van der Waals surface area contributed by atoms with Gasteiger partial charge in [0.1, 0.15) is 11.8 Å². The van der Waals surface area contributed by atoms with E-state index in [9.17, 15) is 14.7 Å². The van der Waals surface area contributed by atoms with Crippen LogP contribution in [0.15, 0.2) is 30.5 Å². The Morgan fingerprint density at radius 3 is 2.95 bits per heavy atom. The van der Waals surface area contributed by atoms with Crippen molar-refractivity contribution in [3.8, 4) is 5.75 Å². The van der Waals surface area contributed by atoms with Crippen molar-refractivity contribution in [2.45, 2.75) is 18.9 Å². The average Bonchev–Trinajstić information content (AvgIpc) is 3.02. The van der Waals surface area contributed by atoms with Crippen LogP contribution in [0.2, 0.25) is 0 Å². The number of fused-ring (bicyclic) bond motifs is 1. The highest BCUT2D eigenvalue weighted by Crippen LogP contribution is 2.28. The largest absolute Gasteiger partial charge is 0.507 e. The maximum Gasteiger partial charge on any atom is 0.266 e. The number of benzene rings is 1. The van der Waals surface area contributed by atoms with Crippen LogP contribution in [0.3, 0.4) is 0 Å². The summed E-state index contributed by atoms with van der Waals surface area (Å²) in [7, 11) is 0. The summed E-state index contributed by atoms with van der Waals surface area (Å²) in [6, 6.07) is 5.80. The van der Waals surface area contributed by atoms with Gasteiger partial charge >= 0.3 is 0 Å². The molecule has 1 fully saturated rings. The fourth-order valence-electron chi connectivity index (χ4n) is 2.79. The molecule has 1 aliphatic heterocycles. The summed E-state index contributed by atoms with van der Waals surface area (Å²) in [4.78, 5) is 29.7. The van der Waals surface area contributed by atoms with Crippen molar-refractivity contribution in [3.63, 3.8) is 0 Å². The van der Waals surface area contributed by atoms with Gasteiger partial charge in [-0.15, -0.1) is 0 Å². The van der Waals surface area contributed by atoms with Crippen LogP contribution in [0.4, 0.5) is 0 Å². The number of nitrogens with zero attached hydrogens (tertiary/aromatic N) is 2. The molecular weight excluding hydrogens is 286 g/mol. The number of amides is 2. The van der Waals surface area contributed by atoms with Gasteiger partial charge in [0.2, 0.25) is 0 Å². The minimum atomic E-state index is -0.721. The van der Waals surface area contributed by atoms with Crippen molar-refractivity contribution >= 4 is 22.7 Å². The summed E-state index contributed by atoms with van der Waals surface area (Å²) in [5.41, 5.74) is 2.29. The zero-order valence-electron chi connectivity index (χ0n) is 11.7. The number of hydrogen-bond donors (Lipinski definition) is 3. The number of nitrogens with one attached hydrogen (secondary N) is 1. The van der Waals surface area contributed by atoms with E-state index in [1.165, 1.54) is 11.0 Å². The van der Waals surface area contributed by atoms with Gasteiger partial charge in [-0.2, -0.15) is 0 Å². The van der Waals surface area contributed by atoms with Crippen molar-refractivity contribution in [3.05, 3.63) is 36.0 Å². The first-order valence-corrected chi connectivity index (χ1v) is 6.94. The second kappa shape index (κ2) is 5.61. The van der Waals surface area contributed by atoms with Gasteiger partial charge in [-0.05, 0) is 25.0 Å². The molecule has 1 aromatic heterocycles. The van der Waals surface area contributed by atoms with E-state index >= 15 is 0 Å². The number of phenols is 1. The maximum absolute atomic E-state index is 12.6. The van der Waals surface area contributed by atoms with Crippen LogP contribution in [0.1, 0.15) is 23.2 Å². The predicted molar refractivity (Wildman–Crippen MR) is 77.4 cm³/mol. The van der Waals surface area contributed by atoms with Gasteiger partial charge in [0.25, 0.3) is 11.8 Å². The fourth-order valence-corrected chi connectivity index (χ4v) is 2.79. The summed E-state index contributed by atoms with van der Waals surface area (Å²) in [5, 5.41) is 19.6. The Bertz CT molecular complexity index is 747. The van der Waals surface area contributed by atoms with Crippen molar-refractivity contribution in [1.29, 1.82) is 0 Å². The number of carbonyl (C=O) groups excluding carboxylic acids is 2. The van der Waals surface area contributed by atoms with Crippen LogP contribution in [-0.2, 0) is 4.79 Å². The van der Waals surface area contributed by atoms with Crippen LogP contribution in [0, 0.1) is 0 Å². The minimum absolute atomic E-state index is 0.123. The molecule has 7 heteroatoms. The van der Waals surface area contributed by atoms with Crippen LogP contribution < -0.4 is 5.48 Å². The molecule has 2 amide bonds. The first kappa shape index (κ1) is 14.3. The zero-order chi connectivity index (χ0) is 15.7. The van der Waals surface area contributed by atoms with Gasteiger partial charge in [-0.1, -0.05) is 6.07 Å². The number of aromatic hydroxyl groups is 1. The summed E-state index contributed by atoms with van der Waals surface area (Å²) in [6.45, 7) is 0.404.